The van der Waals surface area contributed by atoms with Crippen LogP contribution in [0.1, 0.15) is 35.8 Å². The second-order valence-corrected chi connectivity index (χ2v) is 5.77. The molecule has 22 heavy (non-hydrogen) atoms. The summed E-state index contributed by atoms with van der Waals surface area (Å²) >= 11 is 3.48. The minimum Gasteiger partial charge on any atom is -0.493 e. The van der Waals surface area contributed by atoms with E-state index < -0.39 is 5.97 Å². The molecule has 1 aromatic heterocycles. The molecule has 2 aromatic rings. The molecular formula is C15H16BrNO5. The first-order chi connectivity index (χ1) is 10.4. The zero-order valence-corrected chi connectivity index (χ0v) is 14.2. The predicted molar refractivity (Wildman–Crippen MR) is 83.8 cm³/mol. The van der Waals surface area contributed by atoms with Crippen molar-refractivity contribution in [2.45, 2.75) is 19.8 Å². The number of carboxylic acid groups (broad SMARTS) is 1. The Morgan fingerprint density at radius 3 is 2.45 bits per heavy atom. The lowest BCUT2D eigenvalue weighted by molar-refractivity contribution is 0.0686. The van der Waals surface area contributed by atoms with Crippen LogP contribution in [0.25, 0.3) is 11.3 Å². The summed E-state index contributed by atoms with van der Waals surface area (Å²) in [5.74, 6) is 0.477. The van der Waals surface area contributed by atoms with Crippen LogP contribution in [-0.2, 0) is 0 Å². The Balaban J connectivity index is 2.75. The fraction of sp³-hybridized carbons (Fsp3) is 0.333. The maximum atomic E-state index is 11.0. The van der Waals surface area contributed by atoms with Gasteiger partial charge in [-0.25, -0.2) is 4.79 Å². The van der Waals surface area contributed by atoms with Crippen LogP contribution in [0.15, 0.2) is 21.1 Å². The lowest BCUT2D eigenvalue weighted by Crippen LogP contribution is -2.01. The summed E-state index contributed by atoms with van der Waals surface area (Å²) in [5, 5.41) is 12.6. The molecule has 0 radical (unpaired) electrons. The van der Waals surface area contributed by atoms with E-state index in [9.17, 15) is 4.79 Å². The maximum absolute atomic E-state index is 11.0. The number of hydrogen-bond acceptors (Lipinski definition) is 5. The predicted octanol–water partition coefficient (Wildman–Crippen LogP) is 3.94. The standard InChI is InChI=1S/C15H16BrNO5/c1-7(2)12-13(10-6-9(15(18)19)17-22-10)8(16)5-11(20-3)14(12)21-4/h5-7H,1-4H3,(H,18,19). The molecule has 1 heterocycles. The van der Waals surface area contributed by atoms with E-state index in [4.69, 9.17) is 19.1 Å². The number of benzene rings is 1. The van der Waals surface area contributed by atoms with Gasteiger partial charge in [-0.15, -0.1) is 0 Å². The Kier molecular flexibility index (Phi) is 4.75. The second kappa shape index (κ2) is 6.39. The molecule has 6 nitrogen and oxygen atoms in total. The van der Waals surface area contributed by atoms with Crippen LogP contribution >= 0.6 is 15.9 Å². The third-order valence-corrected chi connectivity index (χ3v) is 3.84. The summed E-state index contributed by atoms with van der Waals surface area (Å²) < 4.78 is 16.7. The van der Waals surface area contributed by atoms with Crippen LogP contribution in [0.3, 0.4) is 0 Å². The zero-order valence-electron chi connectivity index (χ0n) is 12.6. The average Bonchev–Trinajstić information content (AvgIpc) is 2.95. The summed E-state index contributed by atoms with van der Waals surface area (Å²) in [6.45, 7) is 4.00. The first-order valence-electron chi connectivity index (χ1n) is 6.55. The molecule has 1 aromatic carbocycles. The molecule has 0 saturated heterocycles. The average molecular weight is 370 g/mol. The van der Waals surface area contributed by atoms with Gasteiger partial charge in [-0.2, -0.15) is 0 Å². The third-order valence-electron chi connectivity index (χ3n) is 3.21. The summed E-state index contributed by atoms with van der Waals surface area (Å²) in [6.07, 6.45) is 0. The van der Waals surface area contributed by atoms with Gasteiger partial charge in [0.1, 0.15) is 0 Å². The molecule has 0 unspecified atom stereocenters. The highest BCUT2D eigenvalue weighted by Gasteiger charge is 2.25. The molecule has 0 spiro atoms. The van der Waals surface area contributed by atoms with Gasteiger partial charge in [0.15, 0.2) is 23.0 Å². The van der Waals surface area contributed by atoms with Crippen molar-refractivity contribution in [2.24, 2.45) is 0 Å². The van der Waals surface area contributed by atoms with E-state index in [-0.39, 0.29) is 11.6 Å². The summed E-state index contributed by atoms with van der Waals surface area (Å²) in [7, 11) is 3.12. The van der Waals surface area contributed by atoms with E-state index in [1.807, 2.05) is 13.8 Å². The molecule has 0 saturated carbocycles. The van der Waals surface area contributed by atoms with E-state index in [0.717, 1.165) is 5.56 Å². The number of carboxylic acids is 1. The minimum absolute atomic E-state index is 0.0923. The number of aromatic nitrogens is 1. The molecule has 0 aliphatic rings. The molecule has 0 aliphatic heterocycles. The fourth-order valence-electron chi connectivity index (χ4n) is 2.29. The topological polar surface area (TPSA) is 81.8 Å². The largest absolute Gasteiger partial charge is 0.493 e. The first-order valence-corrected chi connectivity index (χ1v) is 7.34. The lowest BCUT2D eigenvalue weighted by Gasteiger charge is -2.19. The molecule has 2 rings (SSSR count). The van der Waals surface area contributed by atoms with Crippen LogP contribution < -0.4 is 9.47 Å². The van der Waals surface area contributed by atoms with Crippen molar-refractivity contribution in [1.29, 1.82) is 0 Å². The van der Waals surface area contributed by atoms with Gasteiger partial charge < -0.3 is 19.1 Å². The van der Waals surface area contributed by atoms with Crippen molar-refractivity contribution in [1.82, 2.24) is 5.16 Å². The van der Waals surface area contributed by atoms with Gasteiger partial charge in [-0.3, -0.25) is 0 Å². The van der Waals surface area contributed by atoms with Gasteiger partial charge in [0.25, 0.3) is 0 Å². The van der Waals surface area contributed by atoms with Crippen LogP contribution in [0.4, 0.5) is 0 Å². The molecule has 0 atom stereocenters. The molecule has 0 fully saturated rings. The summed E-state index contributed by atoms with van der Waals surface area (Å²) in [5.41, 5.74) is 1.40. The summed E-state index contributed by atoms with van der Waals surface area (Å²) in [6, 6.07) is 3.14. The SMILES string of the molecule is COc1cc(Br)c(-c2cc(C(=O)O)no2)c(C(C)C)c1OC. The maximum Gasteiger partial charge on any atom is 0.358 e. The number of hydrogen-bond donors (Lipinski definition) is 1. The van der Waals surface area contributed by atoms with Crippen LogP contribution in [0.2, 0.25) is 0 Å². The third kappa shape index (κ3) is 2.81. The second-order valence-electron chi connectivity index (χ2n) is 4.92. The highest BCUT2D eigenvalue weighted by molar-refractivity contribution is 9.10. The smallest absolute Gasteiger partial charge is 0.358 e. The Hall–Kier alpha value is -2.02. The van der Waals surface area contributed by atoms with Gasteiger partial charge in [-0.1, -0.05) is 19.0 Å². The Bertz CT molecular complexity index is 708. The normalized spacial score (nSPS) is 10.8. The zero-order chi connectivity index (χ0) is 16.4. The van der Waals surface area contributed by atoms with Gasteiger partial charge in [0.05, 0.1) is 14.2 Å². The van der Waals surface area contributed by atoms with E-state index in [1.165, 1.54) is 6.07 Å². The highest BCUT2D eigenvalue weighted by atomic mass is 79.9. The molecule has 7 heteroatoms. The fourth-order valence-corrected chi connectivity index (χ4v) is 2.90. The van der Waals surface area contributed by atoms with Crippen molar-refractivity contribution < 1.29 is 23.9 Å². The number of aromatic carboxylic acids is 1. The molecule has 118 valence electrons. The number of halogens is 1. The monoisotopic (exact) mass is 369 g/mol. The van der Waals surface area contributed by atoms with Gasteiger partial charge in [0.2, 0.25) is 0 Å². The molecular weight excluding hydrogens is 354 g/mol. The lowest BCUT2D eigenvalue weighted by atomic mass is 9.94. The molecule has 0 amide bonds. The van der Waals surface area contributed by atoms with E-state index >= 15 is 0 Å². The van der Waals surface area contributed by atoms with Gasteiger partial charge in [0, 0.05) is 21.7 Å². The number of rotatable bonds is 5. The number of methoxy groups -OCH3 is 2. The molecule has 0 bridgehead atoms. The van der Waals surface area contributed by atoms with Crippen molar-refractivity contribution in [3.8, 4) is 22.8 Å². The highest BCUT2D eigenvalue weighted by Crippen LogP contribution is 2.46. The number of ether oxygens (including phenoxy) is 2. The number of carbonyl (C=O) groups is 1. The van der Waals surface area contributed by atoms with Crippen LogP contribution in [-0.4, -0.2) is 30.5 Å². The van der Waals surface area contributed by atoms with Crippen molar-refractivity contribution in [3.05, 3.63) is 27.9 Å². The first kappa shape index (κ1) is 16.4. The number of nitrogens with zero attached hydrogens (tertiary/aromatic N) is 1. The van der Waals surface area contributed by atoms with Gasteiger partial charge in [-0.05, 0) is 27.9 Å². The van der Waals surface area contributed by atoms with Crippen molar-refractivity contribution in [3.63, 3.8) is 0 Å². The van der Waals surface area contributed by atoms with Crippen LogP contribution in [0.5, 0.6) is 11.5 Å². The van der Waals surface area contributed by atoms with E-state index in [0.29, 0.717) is 27.3 Å². The van der Waals surface area contributed by atoms with E-state index in [1.54, 1.807) is 20.3 Å². The Labute approximate surface area is 136 Å². The Morgan fingerprint density at radius 1 is 1.32 bits per heavy atom. The van der Waals surface area contributed by atoms with Crippen molar-refractivity contribution >= 4 is 21.9 Å². The van der Waals surface area contributed by atoms with Gasteiger partial charge >= 0.3 is 5.97 Å². The molecule has 1 N–H and O–H groups in total. The van der Waals surface area contributed by atoms with Crippen LogP contribution in [0, 0.1) is 0 Å². The van der Waals surface area contributed by atoms with Crippen molar-refractivity contribution in [2.75, 3.05) is 14.2 Å². The molecule has 0 aliphatic carbocycles. The quantitative estimate of drug-likeness (QED) is 0.859. The minimum atomic E-state index is -1.14. The summed E-state index contributed by atoms with van der Waals surface area (Å²) in [4.78, 5) is 11.0. The Morgan fingerprint density at radius 2 is 2.00 bits per heavy atom. The van der Waals surface area contributed by atoms with E-state index in [2.05, 4.69) is 21.1 Å².